The van der Waals surface area contributed by atoms with Crippen LogP contribution in [0.3, 0.4) is 0 Å². The lowest BCUT2D eigenvalue weighted by Crippen LogP contribution is -2.26. The molecule has 0 atom stereocenters. The highest BCUT2D eigenvalue weighted by Crippen LogP contribution is 2.27. The van der Waals surface area contributed by atoms with E-state index in [9.17, 15) is 4.79 Å². The number of carbonyl (C=O) groups excluding carboxylic acids is 1. The molecular formula is C18H23ClN4O2. The van der Waals surface area contributed by atoms with E-state index in [0.717, 1.165) is 31.7 Å². The highest BCUT2D eigenvalue weighted by atomic mass is 35.5. The molecule has 1 aromatic carbocycles. The van der Waals surface area contributed by atoms with Crippen molar-refractivity contribution in [3.63, 3.8) is 0 Å². The van der Waals surface area contributed by atoms with Crippen LogP contribution in [0.1, 0.15) is 37.2 Å². The van der Waals surface area contributed by atoms with E-state index in [1.165, 1.54) is 6.33 Å². The molecule has 0 fully saturated rings. The molecule has 7 heteroatoms. The third-order valence-electron chi connectivity index (χ3n) is 3.61. The van der Waals surface area contributed by atoms with E-state index in [-0.39, 0.29) is 5.91 Å². The predicted molar refractivity (Wildman–Crippen MR) is 101 cm³/mol. The molecule has 0 spiro atoms. The van der Waals surface area contributed by atoms with E-state index >= 15 is 0 Å². The van der Waals surface area contributed by atoms with Gasteiger partial charge in [-0.05, 0) is 31.0 Å². The van der Waals surface area contributed by atoms with Crippen molar-refractivity contribution in [2.24, 2.45) is 0 Å². The lowest BCUT2D eigenvalue weighted by Gasteiger charge is -2.22. The molecule has 2 rings (SSSR count). The zero-order valence-electron chi connectivity index (χ0n) is 14.8. The molecule has 0 saturated carbocycles. The second-order valence-electron chi connectivity index (χ2n) is 5.55. The minimum Gasteiger partial charge on any atom is -0.495 e. The van der Waals surface area contributed by atoms with Gasteiger partial charge in [0.25, 0.3) is 5.91 Å². The van der Waals surface area contributed by atoms with Crippen LogP contribution < -0.4 is 15.0 Å². The van der Waals surface area contributed by atoms with Crippen LogP contribution in [0.2, 0.25) is 5.02 Å². The van der Waals surface area contributed by atoms with Crippen molar-refractivity contribution in [1.82, 2.24) is 9.97 Å². The minimum absolute atomic E-state index is 0.308. The molecule has 2 aromatic rings. The quantitative estimate of drug-likeness (QED) is 0.768. The summed E-state index contributed by atoms with van der Waals surface area (Å²) in [6.45, 7) is 6.01. The third kappa shape index (κ3) is 5.06. The number of methoxy groups -OCH3 is 1. The number of anilines is 2. The fourth-order valence-corrected chi connectivity index (χ4v) is 2.72. The second-order valence-corrected chi connectivity index (χ2v) is 5.96. The van der Waals surface area contributed by atoms with Gasteiger partial charge >= 0.3 is 0 Å². The van der Waals surface area contributed by atoms with E-state index in [1.54, 1.807) is 31.4 Å². The van der Waals surface area contributed by atoms with Crippen LogP contribution in [0.15, 0.2) is 30.6 Å². The van der Waals surface area contributed by atoms with Gasteiger partial charge in [-0.2, -0.15) is 0 Å². The molecule has 0 aliphatic heterocycles. The van der Waals surface area contributed by atoms with Gasteiger partial charge in [0.1, 0.15) is 23.6 Å². The van der Waals surface area contributed by atoms with Gasteiger partial charge in [0.2, 0.25) is 0 Å². The highest BCUT2D eigenvalue weighted by Gasteiger charge is 2.13. The summed E-state index contributed by atoms with van der Waals surface area (Å²) < 4.78 is 5.11. The number of nitrogens with zero attached hydrogens (tertiary/aromatic N) is 3. The Bertz CT molecular complexity index is 718. The molecule has 6 nitrogen and oxygen atoms in total. The SMILES string of the molecule is CCCN(CCC)c1cc(C(=O)Nc2ccc(OC)c(Cl)c2)ncn1. The van der Waals surface area contributed by atoms with Crippen molar-refractivity contribution >= 4 is 29.0 Å². The summed E-state index contributed by atoms with van der Waals surface area (Å²) in [5, 5.41) is 3.22. The molecule has 0 aliphatic carbocycles. The molecule has 0 saturated heterocycles. The Morgan fingerprint density at radius 3 is 2.52 bits per heavy atom. The first-order chi connectivity index (χ1) is 12.1. The van der Waals surface area contributed by atoms with E-state index in [2.05, 4.69) is 34.0 Å². The molecule has 25 heavy (non-hydrogen) atoms. The first-order valence-corrected chi connectivity index (χ1v) is 8.68. The number of ether oxygens (including phenoxy) is 1. The zero-order chi connectivity index (χ0) is 18.2. The summed E-state index contributed by atoms with van der Waals surface area (Å²) in [6, 6.07) is 6.78. The topological polar surface area (TPSA) is 67.4 Å². The standard InChI is InChI=1S/C18H23ClN4O2/c1-4-8-23(9-5-2)17-11-15(20-12-21-17)18(24)22-13-6-7-16(25-3)14(19)10-13/h6-7,10-12H,4-5,8-9H2,1-3H3,(H,22,24). The fraction of sp³-hybridized carbons (Fsp3) is 0.389. The zero-order valence-corrected chi connectivity index (χ0v) is 15.5. The Labute approximate surface area is 153 Å². The van der Waals surface area contributed by atoms with Crippen LogP contribution in [0, 0.1) is 0 Å². The lowest BCUT2D eigenvalue weighted by atomic mass is 10.2. The number of hydrogen-bond donors (Lipinski definition) is 1. The monoisotopic (exact) mass is 362 g/mol. The Morgan fingerprint density at radius 2 is 1.92 bits per heavy atom. The molecule has 1 N–H and O–H groups in total. The molecule has 0 bridgehead atoms. The van der Waals surface area contributed by atoms with Crippen molar-refractivity contribution in [3.8, 4) is 5.75 Å². The Morgan fingerprint density at radius 1 is 1.20 bits per heavy atom. The van der Waals surface area contributed by atoms with Gasteiger partial charge in [-0.25, -0.2) is 9.97 Å². The van der Waals surface area contributed by atoms with Crippen molar-refractivity contribution in [1.29, 1.82) is 0 Å². The van der Waals surface area contributed by atoms with Gasteiger partial charge < -0.3 is 15.0 Å². The van der Waals surface area contributed by atoms with Gasteiger partial charge in [-0.1, -0.05) is 25.4 Å². The maximum Gasteiger partial charge on any atom is 0.274 e. The number of halogens is 1. The molecule has 134 valence electrons. The molecule has 0 unspecified atom stereocenters. The smallest absolute Gasteiger partial charge is 0.274 e. The van der Waals surface area contributed by atoms with Crippen LogP contribution in [0.5, 0.6) is 5.75 Å². The second kappa shape index (κ2) is 9.22. The Kier molecular flexibility index (Phi) is 7.01. The molecule has 0 radical (unpaired) electrons. The summed E-state index contributed by atoms with van der Waals surface area (Å²) in [6.07, 6.45) is 3.44. The molecule has 1 amide bonds. The third-order valence-corrected chi connectivity index (χ3v) is 3.90. The minimum atomic E-state index is -0.308. The van der Waals surface area contributed by atoms with Crippen LogP contribution in [-0.4, -0.2) is 36.1 Å². The van der Waals surface area contributed by atoms with Crippen molar-refractivity contribution in [3.05, 3.63) is 41.3 Å². The maximum absolute atomic E-state index is 12.5. The van der Waals surface area contributed by atoms with Crippen LogP contribution in [0.4, 0.5) is 11.5 Å². The predicted octanol–water partition coefficient (Wildman–Crippen LogP) is 4.02. The lowest BCUT2D eigenvalue weighted by molar-refractivity contribution is 0.102. The summed E-state index contributed by atoms with van der Waals surface area (Å²) in [7, 11) is 1.54. The number of aromatic nitrogens is 2. The molecule has 1 heterocycles. The van der Waals surface area contributed by atoms with Crippen molar-refractivity contribution in [2.45, 2.75) is 26.7 Å². The van der Waals surface area contributed by atoms with E-state index in [4.69, 9.17) is 16.3 Å². The number of hydrogen-bond acceptors (Lipinski definition) is 5. The fourth-order valence-electron chi connectivity index (χ4n) is 2.46. The molecule has 1 aromatic heterocycles. The van der Waals surface area contributed by atoms with Crippen LogP contribution in [0.25, 0.3) is 0 Å². The van der Waals surface area contributed by atoms with Gasteiger partial charge in [-0.3, -0.25) is 4.79 Å². The Balaban J connectivity index is 2.16. The number of rotatable bonds is 8. The number of amides is 1. The summed E-state index contributed by atoms with van der Waals surface area (Å²) >= 11 is 6.09. The normalized spacial score (nSPS) is 10.4. The van der Waals surface area contributed by atoms with E-state index < -0.39 is 0 Å². The number of benzene rings is 1. The van der Waals surface area contributed by atoms with Gasteiger partial charge in [0, 0.05) is 24.8 Å². The van der Waals surface area contributed by atoms with E-state index in [1.807, 2.05) is 0 Å². The molecular weight excluding hydrogens is 340 g/mol. The Hall–Kier alpha value is -2.34. The summed E-state index contributed by atoms with van der Waals surface area (Å²) in [5.74, 6) is 1.01. The average molecular weight is 363 g/mol. The molecule has 0 aliphatic rings. The van der Waals surface area contributed by atoms with Gasteiger partial charge in [0.05, 0.1) is 12.1 Å². The van der Waals surface area contributed by atoms with Crippen molar-refractivity contribution < 1.29 is 9.53 Å². The highest BCUT2D eigenvalue weighted by molar-refractivity contribution is 6.32. The van der Waals surface area contributed by atoms with Crippen molar-refractivity contribution in [2.75, 3.05) is 30.4 Å². The summed E-state index contributed by atoms with van der Waals surface area (Å²) in [4.78, 5) is 23.0. The number of nitrogens with one attached hydrogen (secondary N) is 1. The van der Waals surface area contributed by atoms with Crippen LogP contribution in [-0.2, 0) is 0 Å². The average Bonchev–Trinajstić information content (AvgIpc) is 2.62. The maximum atomic E-state index is 12.5. The number of carbonyl (C=O) groups is 1. The van der Waals surface area contributed by atoms with Crippen LogP contribution >= 0.6 is 11.6 Å². The van der Waals surface area contributed by atoms with E-state index in [0.29, 0.717) is 22.2 Å². The summed E-state index contributed by atoms with van der Waals surface area (Å²) in [5.41, 5.74) is 0.893. The van der Waals surface area contributed by atoms with Gasteiger partial charge in [-0.15, -0.1) is 0 Å². The first-order valence-electron chi connectivity index (χ1n) is 8.30. The van der Waals surface area contributed by atoms with Gasteiger partial charge in [0.15, 0.2) is 0 Å². The largest absolute Gasteiger partial charge is 0.495 e. The first kappa shape index (κ1) is 19.0.